The summed E-state index contributed by atoms with van der Waals surface area (Å²) >= 11 is 0. The average Bonchev–Trinajstić information content (AvgIpc) is 3.18. The van der Waals surface area contributed by atoms with Crippen LogP contribution in [0.2, 0.25) is 0 Å². The molecule has 6 heteroatoms. The number of rotatable bonds is 5. The van der Waals surface area contributed by atoms with Crippen molar-refractivity contribution in [2.75, 3.05) is 43.1 Å². The van der Waals surface area contributed by atoms with E-state index >= 15 is 0 Å². The molecular formula is C22H28N4O2. The van der Waals surface area contributed by atoms with E-state index in [4.69, 9.17) is 14.7 Å². The maximum atomic E-state index is 9.81. The first kappa shape index (κ1) is 17.9. The van der Waals surface area contributed by atoms with Crippen LogP contribution in [0.1, 0.15) is 42.5 Å². The molecule has 148 valence electrons. The molecule has 1 aromatic carbocycles. The van der Waals surface area contributed by atoms with Crippen LogP contribution in [0.3, 0.4) is 0 Å². The molecule has 5 rings (SSSR count). The molecule has 1 saturated heterocycles. The molecule has 28 heavy (non-hydrogen) atoms. The van der Waals surface area contributed by atoms with E-state index in [0.717, 1.165) is 75.9 Å². The lowest BCUT2D eigenvalue weighted by molar-refractivity contribution is 0.120. The van der Waals surface area contributed by atoms with Gasteiger partial charge in [-0.15, -0.1) is 0 Å². The number of hydrogen-bond donors (Lipinski definition) is 2. The molecule has 0 bridgehead atoms. The summed E-state index contributed by atoms with van der Waals surface area (Å²) in [7, 11) is 0. The first-order valence-electron chi connectivity index (χ1n) is 10.5. The van der Waals surface area contributed by atoms with E-state index in [1.54, 1.807) is 0 Å². The number of benzene rings is 1. The van der Waals surface area contributed by atoms with Gasteiger partial charge in [-0.2, -0.15) is 4.98 Å². The number of anilines is 3. The number of nitrogens with zero attached hydrogens (tertiary/aromatic N) is 3. The molecule has 6 nitrogen and oxygen atoms in total. The van der Waals surface area contributed by atoms with E-state index < -0.39 is 0 Å². The van der Waals surface area contributed by atoms with Crippen LogP contribution in [0.15, 0.2) is 24.3 Å². The third-order valence-corrected chi connectivity index (χ3v) is 6.59. The molecule has 0 radical (unpaired) electrons. The van der Waals surface area contributed by atoms with Crippen LogP contribution in [-0.2, 0) is 23.0 Å². The van der Waals surface area contributed by atoms with Gasteiger partial charge in [0.25, 0.3) is 0 Å². The summed E-state index contributed by atoms with van der Waals surface area (Å²) in [6, 6.07) is 8.54. The molecule has 2 aromatic rings. The molecule has 0 amide bonds. The van der Waals surface area contributed by atoms with Gasteiger partial charge in [0.1, 0.15) is 5.82 Å². The van der Waals surface area contributed by atoms with Crippen LogP contribution in [0.5, 0.6) is 0 Å². The third kappa shape index (κ3) is 3.14. The second-order valence-corrected chi connectivity index (χ2v) is 8.24. The Bertz CT molecular complexity index is 837. The fraction of sp³-hybridized carbons (Fsp3) is 0.545. The Kier molecular flexibility index (Phi) is 4.69. The van der Waals surface area contributed by atoms with Gasteiger partial charge in [0.2, 0.25) is 5.95 Å². The first-order chi connectivity index (χ1) is 13.8. The Balaban J connectivity index is 1.40. The Morgan fingerprint density at radius 1 is 1.04 bits per heavy atom. The highest BCUT2D eigenvalue weighted by atomic mass is 16.5. The van der Waals surface area contributed by atoms with Crippen LogP contribution >= 0.6 is 0 Å². The van der Waals surface area contributed by atoms with Gasteiger partial charge in [-0.3, -0.25) is 0 Å². The summed E-state index contributed by atoms with van der Waals surface area (Å²) < 4.78 is 5.47. The number of aliphatic hydroxyl groups excluding tert-OH is 1. The van der Waals surface area contributed by atoms with Crippen molar-refractivity contribution in [3.63, 3.8) is 0 Å². The standard InChI is InChI=1S/C22H28N4O2/c27-15-22(9-2-10-22)16-5-7-17(8-6-16)23-20-18-3-1-4-19(18)24-21(25-20)26-11-13-28-14-12-26/h5-8,27H,1-4,9-15H2,(H,23,24,25). The van der Waals surface area contributed by atoms with Crippen molar-refractivity contribution in [1.29, 1.82) is 0 Å². The summed E-state index contributed by atoms with van der Waals surface area (Å²) in [6.07, 6.45) is 6.58. The van der Waals surface area contributed by atoms with E-state index in [1.165, 1.54) is 23.2 Å². The predicted octanol–water partition coefficient (Wildman–Crippen LogP) is 2.96. The molecule has 1 aromatic heterocycles. The Hall–Kier alpha value is -2.18. The van der Waals surface area contributed by atoms with Gasteiger partial charge in [0.05, 0.1) is 25.5 Å². The van der Waals surface area contributed by atoms with Crippen molar-refractivity contribution in [2.24, 2.45) is 0 Å². The molecule has 0 unspecified atom stereocenters. The van der Waals surface area contributed by atoms with Gasteiger partial charge in [0.15, 0.2) is 0 Å². The van der Waals surface area contributed by atoms with E-state index in [0.29, 0.717) is 0 Å². The number of nitrogens with one attached hydrogen (secondary N) is 1. The van der Waals surface area contributed by atoms with Gasteiger partial charge in [-0.25, -0.2) is 4.98 Å². The highest BCUT2D eigenvalue weighted by molar-refractivity contribution is 5.63. The van der Waals surface area contributed by atoms with Crippen molar-refractivity contribution >= 4 is 17.5 Å². The summed E-state index contributed by atoms with van der Waals surface area (Å²) in [6.45, 7) is 3.39. The lowest BCUT2D eigenvalue weighted by atomic mass is 9.65. The Labute approximate surface area is 166 Å². The molecule has 2 heterocycles. The quantitative estimate of drug-likeness (QED) is 0.831. The summed E-state index contributed by atoms with van der Waals surface area (Å²) in [4.78, 5) is 12.0. The van der Waals surface area contributed by atoms with Crippen molar-refractivity contribution in [1.82, 2.24) is 9.97 Å². The highest BCUT2D eigenvalue weighted by Gasteiger charge is 2.37. The average molecular weight is 380 g/mol. The Morgan fingerprint density at radius 3 is 2.50 bits per heavy atom. The van der Waals surface area contributed by atoms with Crippen LogP contribution in [0.25, 0.3) is 0 Å². The van der Waals surface area contributed by atoms with Crippen LogP contribution in [0, 0.1) is 0 Å². The lowest BCUT2D eigenvalue weighted by Gasteiger charge is -2.40. The summed E-state index contributed by atoms with van der Waals surface area (Å²) in [5, 5.41) is 13.4. The van der Waals surface area contributed by atoms with Crippen molar-refractivity contribution < 1.29 is 9.84 Å². The molecular weight excluding hydrogens is 352 g/mol. The monoisotopic (exact) mass is 380 g/mol. The van der Waals surface area contributed by atoms with Crippen LogP contribution in [-0.4, -0.2) is 48.0 Å². The minimum Gasteiger partial charge on any atom is -0.395 e. The fourth-order valence-corrected chi connectivity index (χ4v) is 4.61. The van der Waals surface area contributed by atoms with Crippen LogP contribution < -0.4 is 10.2 Å². The molecule has 0 spiro atoms. The zero-order chi connectivity index (χ0) is 19.0. The number of ether oxygens (including phenoxy) is 1. The normalized spacial score (nSPS) is 20.5. The molecule has 3 aliphatic rings. The molecule has 2 aliphatic carbocycles. The predicted molar refractivity (Wildman–Crippen MR) is 109 cm³/mol. The summed E-state index contributed by atoms with van der Waals surface area (Å²) in [5.41, 5.74) is 4.71. The summed E-state index contributed by atoms with van der Waals surface area (Å²) in [5.74, 6) is 1.76. The zero-order valence-electron chi connectivity index (χ0n) is 16.3. The first-order valence-corrected chi connectivity index (χ1v) is 10.5. The van der Waals surface area contributed by atoms with Gasteiger partial charge in [-0.05, 0) is 49.8 Å². The fourth-order valence-electron chi connectivity index (χ4n) is 4.61. The SMILES string of the molecule is OCC1(c2ccc(Nc3nc(N4CCOCC4)nc4c3CCC4)cc2)CCC1. The van der Waals surface area contributed by atoms with Gasteiger partial charge >= 0.3 is 0 Å². The second kappa shape index (κ2) is 7.33. The van der Waals surface area contributed by atoms with Gasteiger partial charge < -0.3 is 20.1 Å². The van der Waals surface area contributed by atoms with Crippen molar-refractivity contribution in [2.45, 2.75) is 43.9 Å². The smallest absolute Gasteiger partial charge is 0.227 e. The van der Waals surface area contributed by atoms with Crippen molar-refractivity contribution in [3.05, 3.63) is 41.1 Å². The molecule has 2 N–H and O–H groups in total. The Morgan fingerprint density at radius 2 is 1.82 bits per heavy atom. The minimum absolute atomic E-state index is 0.0157. The van der Waals surface area contributed by atoms with Gasteiger partial charge in [-0.1, -0.05) is 18.6 Å². The second-order valence-electron chi connectivity index (χ2n) is 8.24. The maximum Gasteiger partial charge on any atom is 0.227 e. The van der Waals surface area contributed by atoms with Crippen molar-refractivity contribution in [3.8, 4) is 0 Å². The zero-order valence-corrected chi connectivity index (χ0v) is 16.3. The number of morpholine rings is 1. The lowest BCUT2D eigenvalue weighted by Crippen LogP contribution is -2.37. The number of hydrogen-bond acceptors (Lipinski definition) is 6. The topological polar surface area (TPSA) is 70.5 Å². The molecule has 2 fully saturated rings. The number of aromatic nitrogens is 2. The number of aliphatic hydroxyl groups is 1. The van der Waals surface area contributed by atoms with Gasteiger partial charge in [0, 0.05) is 29.8 Å². The maximum absolute atomic E-state index is 9.81. The number of fused-ring (bicyclic) bond motifs is 1. The van der Waals surface area contributed by atoms with Crippen LogP contribution in [0.4, 0.5) is 17.5 Å². The van der Waals surface area contributed by atoms with E-state index in [-0.39, 0.29) is 12.0 Å². The highest BCUT2D eigenvalue weighted by Crippen LogP contribution is 2.43. The number of aryl methyl sites for hydroxylation is 1. The molecule has 1 saturated carbocycles. The third-order valence-electron chi connectivity index (χ3n) is 6.59. The van der Waals surface area contributed by atoms with E-state index in [2.05, 4.69) is 34.5 Å². The van der Waals surface area contributed by atoms with E-state index in [1.807, 2.05) is 0 Å². The minimum atomic E-state index is -0.0157. The molecule has 1 aliphatic heterocycles. The molecule has 0 atom stereocenters. The van der Waals surface area contributed by atoms with E-state index in [9.17, 15) is 5.11 Å². The largest absolute Gasteiger partial charge is 0.395 e.